The second kappa shape index (κ2) is 22.5. The van der Waals surface area contributed by atoms with Crippen LogP contribution in [0.4, 0.5) is 0 Å². The number of unbranched alkanes of at least 4 members (excludes halogenated alkanes) is 4. The van der Waals surface area contributed by atoms with Gasteiger partial charge in [-0.2, -0.15) is 21.6 Å². The van der Waals surface area contributed by atoms with Crippen molar-refractivity contribution in [2.24, 2.45) is 0 Å². The number of hydrogen-bond donors (Lipinski definition) is 5. The van der Waals surface area contributed by atoms with Crippen molar-refractivity contribution in [1.82, 2.24) is 10.0 Å². The van der Waals surface area contributed by atoms with Gasteiger partial charge in [-0.3, -0.25) is 18.7 Å². The number of rotatable bonds is 16. The topological polar surface area (TPSA) is 233 Å². The lowest BCUT2D eigenvalue weighted by Crippen LogP contribution is -2.41. The van der Waals surface area contributed by atoms with E-state index in [-0.39, 0.29) is 37.9 Å². The molecule has 0 aromatic rings. The number of cyclic esters (lactones) is 1. The molecule has 0 saturated carbocycles. The molecule has 5 N–H and O–H groups in total. The Morgan fingerprint density at radius 3 is 2.27 bits per heavy atom. The van der Waals surface area contributed by atoms with Gasteiger partial charge in [0.1, 0.15) is 12.6 Å². The zero-order valence-electron chi connectivity index (χ0n) is 29.5. The second-order valence-electron chi connectivity index (χ2n) is 13.7. The van der Waals surface area contributed by atoms with Crippen LogP contribution >= 0.6 is 0 Å². The highest BCUT2D eigenvalue weighted by atomic mass is 32.3. The minimum absolute atomic E-state index is 0.134. The Hall–Kier alpha value is -1.74. The molecule has 1 amide bonds. The number of carbonyl (C=O) groups is 2. The van der Waals surface area contributed by atoms with Gasteiger partial charge in [0.15, 0.2) is 5.79 Å². The molecule has 3 rings (SSSR count). The van der Waals surface area contributed by atoms with Crippen molar-refractivity contribution in [1.29, 1.82) is 0 Å². The zero-order chi connectivity index (χ0) is 37.2. The van der Waals surface area contributed by atoms with Crippen molar-refractivity contribution < 1.29 is 63.8 Å². The van der Waals surface area contributed by atoms with E-state index in [1.807, 2.05) is 6.08 Å². The first-order valence-corrected chi connectivity index (χ1v) is 21.2. The maximum Gasteiger partial charge on any atom is 0.397 e. The highest BCUT2D eigenvalue weighted by molar-refractivity contribution is 7.83. The Morgan fingerprint density at radius 2 is 1.53 bits per heavy atom. The first-order chi connectivity index (χ1) is 24.2. The number of esters is 1. The van der Waals surface area contributed by atoms with E-state index in [0.717, 1.165) is 96.3 Å². The van der Waals surface area contributed by atoms with Crippen LogP contribution in [0.15, 0.2) is 12.2 Å². The van der Waals surface area contributed by atoms with Gasteiger partial charge in [-0.15, -0.1) is 0 Å². The summed E-state index contributed by atoms with van der Waals surface area (Å²) < 4.78 is 91.2. The fourth-order valence-electron chi connectivity index (χ4n) is 6.80. The average Bonchev–Trinajstić information content (AvgIpc) is 3.30. The Morgan fingerprint density at radius 1 is 0.863 bits per heavy atom. The summed E-state index contributed by atoms with van der Waals surface area (Å²) in [5.41, 5.74) is 0. The number of allylic oxidation sites excluding steroid dienone is 1. The van der Waals surface area contributed by atoms with E-state index in [4.69, 9.17) is 28.1 Å². The summed E-state index contributed by atoms with van der Waals surface area (Å²) in [5, 5.41) is 13.6. The third-order valence-electron chi connectivity index (χ3n) is 9.33. The summed E-state index contributed by atoms with van der Waals surface area (Å²) in [6.07, 6.45) is 17.7. The number of amides is 1. The molecule has 3 heterocycles. The summed E-state index contributed by atoms with van der Waals surface area (Å²) in [5.74, 6) is -1.46. The normalized spacial score (nSPS) is 28.2. The number of hydrogen-bond acceptors (Lipinski definition) is 12. The lowest BCUT2D eigenvalue weighted by molar-refractivity contribution is -0.198. The Bertz CT molecular complexity index is 1300. The molecule has 296 valence electrons. The van der Waals surface area contributed by atoms with Gasteiger partial charge in [-0.1, -0.05) is 51.0 Å². The maximum atomic E-state index is 12.6. The van der Waals surface area contributed by atoms with Gasteiger partial charge in [0.25, 0.3) is 0 Å². The molecule has 0 aromatic carbocycles. The SMILES string of the molecule is O=C1/C=C/CCCCC[C@H]2O[C@]3(CCCCCC(C(O)CCCCCCCOC[C@H](COS(=O)(=O)O)NS(=O)(=O)O)OC(=O)CN1)CCC[C@H]2O3. The minimum Gasteiger partial charge on any atom is -0.458 e. The summed E-state index contributed by atoms with van der Waals surface area (Å²) in [6, 6.07) is -1.24. The smallest absolute Gasteiger partial charge is 0.397 e. The fourth-order valence-corrected chi connectivity index (χ4v) is 7.69. The molecule has 51 heavy (non-hydrogen) atoms. The van der Waals surface area contributed by atoms with Crippen LogP contribution in [0.25, 0.3) is 0 Å². The molecule has 2 unspecified atom stereocenters. The van der Waals surface area contributed by atoms with E-state index in [1.54, 1.807) is 4.72 Å². The van der Waals surface area contributed by atoms with E-state index < -0.39 is 57.3 Å². The van der Waals surface area contributed by atoms with Crippen LogP contribution in [-0.2, 0) is 53.4 Å². The monoisotopic (exact) mass is 770 g/mol. The third kappa shape index (κ3) is 18.7. The highest BCUT2D eigenvalue weighted by Gasteiger charge is 2.49. The minimum atomic E-state index is -4.80. The van der Waals surface area contributed by atoms with Crippen LogP contribution in [-0.4, -0.2) is 106 Å². The maximum absolute atomic E-state index is 12.6. The van der Waals surface area contributed by atoms with Crippen molar-refractivity contribution in [3.63, 3.8) is 0 Å². The number of aliphatic hydroxyl groups excluding tert-OH is 1. The molecule has 2 fully saturated rings. The van der Waals surface area contributed by atoms with E-state index in [1.165, 1.54) is 6.08 Å². The molecule has 16 nitrogen and oxygen atoms in total. The summed E-state index contributed by atoms with van der Waals surface area (Å²) in [4.78, 5) is 24.9. The average molecular weight is 771 g/mol. The zero-order valence-corrected chi connectivity index (χ0v) is 31.1. The molecule has 6 atom stereocenters. The number of ether oxygens (including phenoxy) is 4. The van der Waals surface area contributed by atoms with Gasteiger partial charge >= 0.3 is 26.7 Å². The second-order valence-corrected chi connectivity index (χ2v) is 16.0. The van der Waals surface area contributed by atoms with Crippen molar-refractivity contribution >= 4 is 32.6 Å². The molecule has 2 saturated heterocycles. The van der Waals surface area contributed by atoms with Crippen LogP contribution < -0.4 is 10.0 Å². The largest absolute Gasteiger partial charge is 0.458 e. The van der Waals surface area contributed by atoms with Crippen LogP contribution in [0.2, 0.25) is 0 Å². The van der Waals surface area contributed by atoms with Crippen LogP contribution in [0.3, 0.4) is 0 Å². The van der Waals surface area contributed by atoms with E-state index in [2.05, 4.69) is 9.50 Å². The molecule has 0 radical (unpaired) electrons. The van der Waals surface area contributed by atoms with Gasteiger partial charge in [0.05, 0.1) is 37.6 Å². The summed E-state index contributed by atoms with van der Waals surface area (Å²) >= 11 is 0. The molecular formula is C33H58N2O14S2. The Balaban J connectivity index is 1.40. The van der Waals surface area contributed by atoms with Gasteiger partial charge in [0.2, 0.25) is 5.91 Å². The lowest BCUT2D eigenvalue weighted by atomic mass is 9.95. The van der Waals surface area contributed by atoms with Crippen molar-refractivity contribution in [2.75, 3.05) is 26.4 Å². The predicted molar refractivity (Wildman–Crippen MR) is 185 cm³/mol. The third-order valence-corrected chi connectivity index (χ3v) is 10.4. The molecule has 18 heteroatoms. The standard InChI is InChI=1S/C33H58N2O14S2/c36-27(15-8-3-2-6-13-22-45-24-26(35-50(39,40)41)25-46-51(42,43)44)28-16-10-7-12-20-33-21-14-18-30(49-33)29(48-33)17-9-4-1-5-11-19-31(37)34-23-32(38)47-28/h11,19,26-30,35-36H,1-10,12-18,20-25H2,(H,34,37)(H,39,40,41)(H,42,43,44)/b19-11+/t26-,27?,28?,29-,30-,33+/m1/s1. The fraction of sp³-hybridized carbons (Fsp3) is 0.879. The molecule has 0 aromatic heterocycles. The van der Waals surface area contributed by atoms with Gasteiger partial charge in [-0.25, -0.2) is 4.18 Å². The Kier molecular flexibility index (Phi) is 19.2. The first kappa shape index (κ1) is 43.7. The van der Waals surface area contributed by atoms with E-state index in [9.17, 15) is 31.5 Å². The molecule has 0 aliphatic carbocycles. The molecule has 3 aliphatic rings. The lowest BCUT2D eigenvalue weighted by Gasteiger charge is -2.31. The van der Waals surface area contributed by atoms with Crippen molar-refractivity contribution in [3.8, 4) is 0 Å². The van der Waals surface area contributed by atoms with Crippen LogP contribution in [0.1, 0.15) is 122 Å². The van der Waals surface area contributed by atoms with Crippen LogP contribution in [0.5, 0.6) is 0 Å². The number of aliphatic hydroxyl groups is 1. The molecular weight excluding hydrogens is 712 g/mol. The number of nitrogens with one attached hydrogen (secondary N) is 2. The van der Waals surface area contributed by atoms with Gasteiger partial charge in [0, 0.05) is 19.4 Å². The number of fused-ring (bicyclic) bond motifs is 3. The first-order valence-electron chi connectivity index (χ1n) is 18.4. The van der Waals surface area contributed by atoms with Gasteiger partial charge < -0.3 is 29.4 Å². The van der Waals surface area contributed by atoms with E-state index >= 15 is 0 Å². The number of carbonyl (C=O) groups excluding carboxylic acids is 2. The predicted octanol–water partition coefficient (Wildman–Crippen LogP) is 3.45. The molecule has 3 bridgehead atoms. The molecule has 1 spiro atoms. The quantitative estimate of drug-likeness (QED) is 0.0860. The van der Waals surface area contributed by atoms with Gasteiger partial charge in [-0.05, 0) is 70.3 Å². The summed E-state index contributed by atoms with van der Waals surface area (Å²) in [7, 11) is -9.46. The van der Waals surface area contributed by atoms with Crippen molar-refractivity contribution in [3.05, 3.63) is 12.2 Å². The molecule has 3 aliphatic heterocycles. The van der Waals surface area contributed by atoms with Crippen LogP contribution in [0, 0.1) is 0 Å². The highest BCUT2D eigenvalue weighted by Crippen LogP contribution is 2.44. The summed E-state index contributed by atoms with van der Waals surface area (Å²) in [6.45, 7) is -1.13. The van der Waals surface area contributed by atoms with Crippen molar-refractivity contribution in [2.45, 2.75) is 158 Å². The Labute approximate surface area is 302 Å². The van der Waals surface area contributed by atoms with E-state index in [0.29, 0.717) is 25.7 Å².